The number of nitrogens with two attached hydrogens (primary N) is 2. The van der Waals surface area contributed by atoms with Crippen LogP contribution in [-0.2, 0) is 36.5 Å². The Balaban J connectivity index is 1.50. The molecule has 0 radical (unpaired) electrons. The smallest absolute Gasteiger partial charge is 0.404 e. The first kappa shape index (κ1) is 49.3. The van der Waals surface area contributed by atoms with E-state index in [0.29, 0.717) is 25.7 Å². The van der Waals surface area contributed by atoms with Gasteiger partial charge in [0, 0.05) is 27.1 Å². The molecule has 360 valence electrons. The molecule has 2 aliphatic rings. The second-order valence-electron chi connectivity index (χ2n) is 22.2. The third-order valence-electron chi connectivity index (χ3n) is 16.9. The van der Waals surface area contributed by atoms with Gasteiger partial charge in [-0.15, -0.1) is 0 Å². The molecule has 8 rings (SSSR count). The normalized spacial score (nSPS) is 19.4. The highest BCUT2D eigenvalue weighted by molar-refractivity contribution is 5.65. The summed E-state index contributed by atoms with van der Waals surface area (Å²) in [7, 11) is 0. The zero-order valence-corrected chi connectivity index (χ0v) is 42.3. The Hall–Kier alpha value is -6.14. The van der Waals surface area contributed by atoms with Crippen LogP contribution in [-0.4, -0.2) is 24.4 Å². The van der Waals surface area contributed by atoms with Crippen molar-refractivity contribution in [3.8, 4) is 0 Å². The van der Waals surface area contributed by atoms with Crippen LogP contribution in [0.2, 0.25) is 0 Å². The minimum atomic E-state index is -0.718. The monoisotopic (exact) mass is 923 g/mol. The number of benzene rings is 6. The van der Waals surface area contributed by atoms with Gasteiger partial charge < -0.3 is 20.9 Å². The van der Waals surface area contributed by atoms with E-state index >= 15 is 0 Å². The number of hydrogen-bond acceptors (Lipinski definition) is 4. The number of hydrogen-bond donors (Lipinski definition) is 2. The fraction of sp³-hybridized carbons (Fsp3) is 0.397. The molecule has 6 nitrogen and oxygen atoms in total. The van der Waals surface area contributed by atoms with Crippen LogP contribution in [0.4, 0.5) is 9.59 Å². The van der Waals surface area contributed by atoms with Gasteiger partial charge in [-0.25, -0.2) is 9.59 Å². The van der Waals surface area contributed by atoms with E-state index in [0.717, 1.165) is 25.7 Å². The standard InChI is InChI=1S/C63H74N2O4/c1-59(2,43-21-13-9-14-22-43)49-33-39-53(55(41-49)61(5,6)45-25-17-11-18-26-45)63(47-29-35-51(36-30-47)68-57(64)66,48-31-37-52(38-32-48)69-58(65)67)54-40-34-50(60(3,4)44-23-15-10-16-24-44)42-56(54)62(7,8)46-27-19-12-20-28-46/h9-28,33-34,39-42,47-48,51-52H,29-32,35-38H2,1-8H3,(H2,64,66)(H2,65,67). The summed E-state index contributed by atoms with van der Waals surface area (Å²) in [6, 6.07) is 58.7. The topological polar surface area (TPSA) is 105 Å². The van der Waals surface area contributed by atoms with Crippen molar-refractivity contribution >= 4 is 12.2 Å². The van der Waals surface area contributed by atoms with Gasteiger partial charge in [0.05, 0.1) is 0 Å². The molecular weight excluding hydrogens is 849 g/mol. The van der Waals surface area contributed by atoms with Gasteiger partial charge in [-0.2, -0.15) is 0 Å². The highest BCUT2D eigenvalue weighted by Crippen LogP contribution is 2.60. The molecule has 0 atom stereocenters. The number of rotatable bonds is 14. The number of primary amides is 2. The van der Waals surface area contributed by atoms with Gasteiger partial charge in [0.15, 0.2) is 0 Å². The summed E-state index contributed by atoms with van der Waals surface area (Å²) in [6.45, 7) is 19.0. The van der Waals surface area contributed by atoms with E-state index in [1.807, 2.05) is 0 Å². The van der Waals surface area contributed by atoms with Crippen molar-refractivity contribution in [2.75, 3.05) is 0 Å². The number of carbonyl (C=O) groups is 2. The molecule has 0 aromatic heterocycles. The van der Waals surface area contributed by atoms with Crippen LogP contribution in [0, 0.1) is 11.8 Å². The van der Waals surface area contributed by atoms with Crippen LogP contribution in [0.3, 0.4) is 0 Å². The Morgan fingerprint density at radius 3 is 0.913 bits per heavy atom. The Bertz CT molecular complexity index is 2500. The molecule has 0 bridgehead atoms. The predicted molar refractivity (Wildman–Crippen MR) is 281 cm³/mol. The first-order chi connectivity index (χ1) is 32.9. The second-order valence-corrected chi connectivity index (χ2v) is 22.2. The molecule has 6 heteroatoms. The quantitative estimate of drug-likeness (QED) is 0.114. The molecular formula is C63H74N2O4. The molecule has 69 heavy (non-hydrogen) atoms. The Morgan fingerprint density at radius 2 is 0.638 bits per heavy atom. The fourth-order valence-electron chi connectivity index (χ4n) is 12.6. The zero-order chi connectivity index (χ0) is 49.2. The van der Waals surface area contributed by atoms with Crippen molar-refractivity contribution in [3.05, 3.63) is 213 Å². The lowest BCUT2D eigenvalue weighted by Crippen LogP contribution is -2.50. The van der Waals surface area contributed by atoms with E-state index in [2.05, 4.69) is 213 Å². The van der Waals surface area contributed by atoms with Crippen LogP contribution in [0.5, 0.6) is 0 Å². The fourth-order valence-corrected chi connectivity index (χ4v) is 12.6. The molecule has 0 heterocycles. The summed E-state index contributed by atoms with van der Waals surface area (Å²) in [5.41, 5.74) is 22.2. The minimum Gasteiger partial charge on any atom is -0.446 e. The molecule has 0 saturated heterocycles. The number of ether oxygens (including phenoxy) is 2. The summed E-state index contributed by atoms with van der Waals surface area (Å²) < 4.78 is 11.6. The van der Waals surface area contributed by atoms with Crippen LogP contribution in [0.25, 0.3) is 0 Å². The maximum Gasteiger partial charge on any atom is 0.404 e. The Labute approximate surface area is 412 Å². The van der Waals surface area contributed by atoms with Gasteiger partial charge in [0.2, 0.25) is 0 Å². The van der Waals surface area contributed by atoms with Crippen molar-refractivity contribution < 1.29 is 19.1 Å². The van der Waals surface area contributed by atoms with Crippen LogP contribution >= 0.6 is 0 Å². The summed E-state index contributed by atoms with van der Waals surface area (Å²) >= 11 is 0. The molecule has 0 aliphatic heterocycles. The van der Waals surface area contributed by atoms with Gasteiger partial charge in [0.1, 0.15) is 12.2 Å². The third-order valence-corrected chi connectivity index (χ3v) is 16.9. The molecule has 2 amide bonds. The predicted octanol–water partition coefficient (Wildman–Crippen LogP) is 14.6. The van der Waals surface area contributed by atoms with Crippen LogP contribution in [0.1, 0.15) is 162 Å². The first-order valence-electron chi connectivity index (χ1n) is 25.3. The summed E-state index contributed by atoms with van der Waals surface area (Å²) in [5, 5.41) is 0. The third kappa shape index (κ3) is 9.61. The van der Waals surface area contributed by atoms with E-state index in [9.17, 15) is 9.59 Å². The van der Waals surface area contributed by atoms with E-state index in [4.69, 9.17) is 20.9 Å². The van der Waals surface area contributed by atoms with Gasteiger partial charge in [-0.1, -0.05) is 213 Å². The van der Waals surface area contributed by atoms with E-state index in [1.165, 1.54) is 55.6 Å². The summed E-state index contributed by atoms with van der Waals surface area (Å²) in [6.07, 6.45) is 4.24. The Kier molecular flexibility index (Phi) is 14.1. The lowest BCUT2D eigenvalue weighted by molar-refractivity contribution is 0.0271. The first-order valence-corrected chi connectivity index (χ1v) is 25.3. The van der Waals surface area contributed by atoms with Gasteiger partial charge in [0.25, 0.3) is 0 Å². The summed E-state index contributed by atoms with van der Waals surface area (Å²) in [5.74, 6) is 0.279. The molecule has 2 fully saturated rings. The van der Waals surface area contributed by atoms with Crippen LogP contribution < -0.4 is 11.5 Å². The summed E-state index contributed by atoms with van der Waals surface area (Å²) in [4.78, 5) is 24.6. The number of carbonyl (C=O) groups excluding carboxylic acids is 2. The van der Waals surface area contributed by atoms with Crippen molar-refractivity contribution in [1.29, 1.82) is 0 Å². The van der Waals surface area contributed by atoms with Crippen LogP contribution in [0.15, 0.2) is 158 Å². The van der Waals surface area contributed by atoms with Crippen molar-refractivity contribution in [3.63, 3.8) is 0 Å². The highest BCUT2D eigenvalue weighted by atomic mass is 16.6. The van der Waals surface area contributed by atoms with Crippen molar-refractivity contribution in [2.45, 2.75) is 146 Å². The molecule has 0 unspecified atom stereocenters. The largest absolute Gasteiger partial charge is 0.446 e. The lowest BCUT2D eigenvalue weighted by atomic mass is 9.49. The molecule has 2 saturated carbocycles. The van der Waals surface area contributed by atoms with Gasteiger partial charge in [-0.05, 0) is 119 Å². The maximum absolute atomic E-state index is 12.3. The zero-order valence-electron chi connectivity index (χ0n) is 42.3. The molecule has 6 aromatic rings. The van der Waals surface area contributed by atoms with Crippen molar-refractivity contribution in [2.24, 2.45) is 23.3 Å². The van der Waals surface area contributed by atoms with E-state index < -0.39 is 28.4 Å². The number of amides is 2. The highest BCUT2D eigenvalue weighted by Gasteiger charge is 2.54. The molecule has 2 aliphatic carbocycles. The van der Waals surface area contributed by atoms with E-state index in [-0.39, 0.29) is 34.9 Å². The van der Waals surface area contributed by atoms with Gasteiger partial charge >= 0.3 is 12.2 Å². The molecule has 0 spiro atoms. The second kappa shape index (κ2) is 19.7. The molecule has 6 aromatic carbocycles. The SMILES string of the molecule is CC(C)(c1ccccc1)c1ccc(C(c2ccc(C(C)(C)c3ccccc3)cc2C(C)(C)c2ccccc2)(C2CCC(OC(N)=O)CC2)C2CCC(OC(N)=O)CC2)c(C(C)(C)c2ccccc2)c1. The average molecular weight is 923 g/mol. The molecule has 4 N–H and O–H groups in total. The minimum absolute atomic E-state index is 0.139. The maximum atomic E-state index is 12.3. The van der Waals surface area contributed by atoms with E-state index in [1.54, 1.807) is 0 Å². The lowest BCUT2D eigenvalue weighted by Gasteiger charge is -2.54. The Morgan fingerprint density at radius 1 is 0.362 bits per heavy atom. The average Bonchev–Trinajstić information content (AvgIpc) is 3.36. The van der Waals surface area contributed by atoms with Gasteiger partial charge in [-0.3, -0.25) is 0 Å². The van der Waals surface area contributed by atoms with Crippen molar-refractivity contribution in [1.82, 2.24) is 0 Å².